The summed E-state index contributed by atoms with van der Waals surface area (Å²) in [4.78, 5) is 16.3. The molecular formula is C19H20N4O2. The van der Waals surface area contributed by atoms with E-state index in [0.717, 1.165) is 47.5 Å². The van der Waals surface area contributed by atoms with Crippen LogP contribution >= 0.6 is 0 Å². The number of hydrogen-bond acceptors (Lipinski definition) is 6. The standard InChI is InChI=1S/C19H20N4O2/c1-2-13-10-16-17(20-12-13)19(23-6-8-25-9-7-23)22-18(21-16)14-4-3-5-15(24)11-14/h3-5,10-12,24H,2,6-9H2,1H3. The molecule has 6 nitrogen and oxygen atoms in total. The molecule has 3 aromatic rings. The van der Waals surface area contributed by atoms with Gasteiger partial charge in [0, 0.05) is 24.8 Å². The zero-order chi connectivity index (χ0) is 17.2. The maximum atomic E-state index is 9.79. The summed E-state index contributed by atoms with van der Waals surface area (Å²) in [5.41, 5.74) is 3.57. The summed E-state index contributed by atoms with van der Waals surface area (Å²) < 4.78 is 5.46. The molecule has 0 saturated carbocycles. The van der Waals surface area contributed by atoms with Gasteiger partial charge in [-0.25, -0.2) is 9.97 Å². The average molecular weight is 336 g/mol. The molecule has 0 unspecified atom stereocenters. The molecule has 0 amide bonds. The Kier molecular flexibility index (Phi) is 4.19. The van der Waals surface area contributed by atoms with Crippen LogP contribution in [0.15, 0.2) is 36.5 Å². The van der Waals surface area contributed by atoms with E-state index in [4.69, 9.17) is 14.7 Å². The molecule has 1 N–H and O–H groups in total. The zero-order valence-corrected chi connectivity index (χ0v) is 14.1. The number of anilines is 1. The smallest absolute Gasteiger partial charge is 0.162 e. The van der Waals surface area contributed by atoms with Crippen molar-refractivity contribution in [3.8, 4) is 17.1 Å². The number of pyridine rings is 1. The number of ether oxygens (including phenoxy) is 1. The first-order valence-electron chi connectivity index (χ1n) is 8.53. The van der Waals surface area contributed by atoms with E-state index in [9.17, 15) is 5.11 Å². The van der Waals surface area contributed by atoms with Crippen molar-refractivity contribution in [1.29, 1.82) is 0 Å². The Balaban J connectivity index is 1.91. The van der Waals surface area contributed by atoms with E-state index in [1.165, 1.54) is 0 Å². The van der Waals surface area contributed by atoms with Crippen molar-refractivity contribution < 1.29 is 9.84 Å². The van der Waals surface area contributed by atoms with E-state index in [0.29, 0.717) is 19.0 Å². The second kappa shape index (κ2) is 6.64. The van der Waals surface area contributed by atoms with Crippen LogP contribution in [0.25, 0.3) is 22.4 Å². The fourth-order valence-corrected chi connectivity index (χ4v) is 3.01. The molecule has 25 heavy (non-hydrogen) atoms. The minimum absolute atomic E-state index is 0.203. The van der Waals surface area contributed by atoms with E-state index in [1.54, 1.807) is 18.2 Å². The lowest BCUT2D eigenvalue weighted by Crippen LogP contribution is -2.37. The number of benzene rings is 1. The maximum Gasteiger partial charge on any atom is 0.162 e. The normalized spacial score (nSPS) is 14.8. The van der Waals surface area contributed by atoms with Crippen LogP contribution in [0.2, 0.25) is 0 Å². The highest BCUT2D eigenvalue weighted by Gasteiger charge is 2.19. The predicted octanol–water partition coefficient (Wildman–Crippen LogP) is 2.80. The van der Waals surface area contributed by atoms with Crippen LogP contribution in [-0.4, -0.2) is 46.4 Å². The lowest BCUT2D eigenvalue weighted by Gasteiger charge is -2.28. The number of aromatic hydroxyl groups is 1. The molecule has 128 valence electrons. The van der Waals surface area contributed by atoms with Gasteiger partial charge in [0.15, 0.2) is 11.6 Å². The topological polar surface area (TPSA) is 71.4 Å². The number of rotatable bonds is 3. The molecule has 1 aliphatic heterocycles. The fraction of sp³-hybridized carbons (Fsp3) is 0.316. The molecule has 0 atom stereocenters. The first-order valence-corrected chi connectivity index (χ1v) is 8.53. The van der Waals surface area contributed by atoms with Crippen molar-refractivity contribution in [3.05, 3.63) is 42.1 Å². The van der Waals surface area contributed by atoms with Gasteiger partial charge in [0.1, 0.15) is 11.3 Å². The number of phenols is 1. The van der Waals surface area contributed by atoms with E-state index < -0.39 is 0 Å². The Morgan fingerprint density at radius 2 is 2.00 bits per heavy atom. The quantitative estimate of drug-likeness (QED) is 0.793. The molecule has 1 saturated heterocycles. The second-order valence-electron chi connectivity index (χ2n) is 6.09. The molecule has 1 aliphatic rings. The second-order valence-corrected chi connectivity index (χ2v) is 6.09. The SMILES string of the molecule is CCc1cnc2c(N3CCOCC3)nc(-c3cccc(O)c3)nc2c1. The van der Waals surface area contributed by atoms with Gasteiger partial charge in [0.2, 0.25) is 0 Å². The van der Waals surface area contributed by atoms with Gasteiger partial charge in [-0.3, -0.25) is 4.98 Å². The lowest BCUT2D eigenvalue weighted by molar-refractivity contribution is 0.122. The molecule has 2 aromatic heterocycles. The van der Waals surface area contributed by atoms with Crippen molar-refractivity contribution in [1.82, 2.24) is 15.0 Å². The monoisotopic (exact) mass is 336 g/mol. The Morgan fingerprint density at radius 3 is 2.76 bits per heavy atom. The third-order valence-corrected chi connectivity index (χ3v) is 4.40. The van der Waals surface area contributed by atoms with Crippen molar-refractivity contribution in [3.63, 3.8) is 0 Å². The van der Waals surface area contributed by atoms with Gasteiger partial charge < -0.3 is 14.7 Å². The minimum Gasteiger partial charge on any atom is -0.508 e. The highest BCUT2D eigenvalue weighted by Crippen LogP contribution is 2.28. The zero-order valence-electron chi connectivity index (χ0n) is 14.1. The number of fused-ring (bicyclic) bond motifs is 1. The van der Waals surface area contributed by atoms with E-state index >= 15 is 0 Å². The van der Waals surface area contributed by atoms with Crippen LogP contribution in [0.5, 0.6) is 5.75 Å². The van der Waals surface area contributed by atoms with Gasteiger partial charge in [-0.05, 0) is 30.2 Å². The Hall–Kier alpha value is -2.73. The first-order chi connectivity index (χ1) is 12.2. The summed E-state index contributed by atoms with van der Waals surface area (Å²) >= 11 is 0. The number of nitrogens with zero attached hydrogens (tertiary/aromatic N) is 4. The number of aryl methyl sites for hydroxylation is 1. The fourth-order valence-electron chi connectivity index (χ4n) is 3.01. The van der Waals surface area contributed by atoms with Crippen LogP contribution < -0.4 is 4.90 Å². The maximum absolute atomic E-state index is 9.79. The van der Waals surface area contributed by atoms with Crippen LogP contribution in [0.4, 0.5) is 5.82 Å². The number of aromatic nitrogens is 3. The molecular weight excluding hydrogens is 316 g/mol. The molecule has 0 spiro atoms. The molecule has 6 heteroatoms. The van der Waals surface area contributed by atoms with E-state index in [-0.39, 0.29) is 5.75 Å². The Bertz CT molecular complexity index is 907. The molecule has 1 aromatic carbocycles. The Labute approximate surface area is 146 Å². The first kappa shape index (κ1) is 15.8. The largest absolute Gasteiger partial charge is 0.508 e. The van der Waals surface area contributed by atoms with Gasteiger partial charge in [-0.15, -0.1) is 0 Å². The van der Waals surface area contributed by atoms with Crippen LogP contribution in [0, 0.1) is 0 Å². The summed E-state index contributed by atoms with van der Waals surface area (Å²) in [5, 5.41) is 9.79. The summed E-state index contributed by atoms with van der Waals surface area (Å²) in [5.74, 6) is 1.63. The number of hydrogen-bond donors (Lipinski definition) is 1. The van der Waals surface area contributed by atoms with Crippen molar-refractivity contribution in [2.45, 2.75) is 13.3 Å². The van der Waals surface area contributed by atoms with Crippen molar-refractivity contribution in [2.75, 3.05) is 31.2 Å². The molecule has 0 bridgehead atoms. The third kappa shape index (κ3) is 3.13. The van der Waals surface area contributed by atoms with Gasteiger partial charge >= 0.3 is 0 Å². The number of phenolic OH excluding ortho intramolecular Hbond substituents is 1. The van der Waals surface area contributed by atoms with Crippen LogP contribution in [0.3, 0.4) is 0 Å². The summed E-state index contributed by atoms with van der Waals surface area (Å²) in [7, 11) is 0. The van der Waals surface area contributed by atoms with Crippen molar-refractivity contribution in [2.24, 2.45) is 0 Å². The number of morpholine rings is 1. The molecule has 0 radical (unpaired) electrons. The third-order valence-electron chi connectivity index (χ3n) is 4.40. The molecule has 0 aliphatic carbocycles. The summed E-state index contributed by atoms with van der Waals surface area (Å²) in [6.45, 7) is 5.02. The molecule has 1 fully saturated rings. The lowest BCUT2D eigenvalue weighted by atomic mass is 10.1. The van der Waals surface area contributed by atoms with E-state index in [1.807, 2.05) is 12.3 Å². The summed E-state index contributed by atoms with van der Waals surface area (Å²) in [6, 6.07) is 9.10. The molecule has 4 rings (SSSR count). The van der Waals surface area contributed by atoms with Crippen molar-refractivity contribution >= 4 is 16.9 Å². The predicted molar refractivity (Wildman–Crippen MR) is 96.8 cm³/mol. The van der Waals surface area contributed by atoms with Crippen LogP contribution in [-0.2, 0) is 11.2 Å². The molecule has 3 heterocycles. The summed E-state index contributed by atoms with van der Waals surface area (Å²) in [6.07, 6.45) is 2.80. The van der Waals surface area contributed by atoms with Gasteiger partial charge in [-0.1, -0.05) is 19.1 Å². The average Bonchev–Trinajstić information content (AvgIpc) is 2.67. The van der Waals surface area contributed by atoms with Gasteiger partial charge in [-0.2, -0.15) is 0 Å². The van der Waals surface area contributed by atoms with Crippen LogP contribution in [0.1, 0.15) is 12.5 Å². The van der Waals surface area contributed by atoms with Gasteiger partial charge in [0.05, 0.1) is 18.7 Å². The highest BCUT2D eigenvalue weighted by molar-refractivity contribution is 5.88. The minimum atomic E-state index is 0.203. The van der Waals surface area contributed by atoms with E-state index in [2.05, 4.69) is 22.9 Å². The van der Waals surface area contributed by atoms with Gasteiger partial charge in [0.25, 0.3) is 0 Å². The highest BCUT2D eigenvalue weighted by atomic mass is 16.5. The Morgan fingerprint density at radius 1 is 1.16 bits per heavy atom.